The molecule has 2 atom stereocenters. The largest absolute Gasteiger partial charge is 0.444 e. The third-order valence-corrected chi connectivity index (χ3v) is 4.37. The fourth-order valence-corrected chi connectivity index (χ4v) is 3.17. The van der Waals surface area contributed by atoms with Crippen molar-refractivity contribution < 1.29 is 19.4 Å². The van der Waals surface area contributed by atoms with Gasteiger partial charge < -0.3 is 14.7 Å². The predicted octanol–water partition coefficient (Wildman–Crippen LogP) is 2.54. The molecule has 1 fully saturated rings. The molecule has 0 bridgehead atoms. The minimum absolute atomic E-state index is 0.101. The molecule has 0 aromatic heterocycles. The van der Waals surface area contributed by atoms with Crippen LogP contribution in [0.25, 0.3) is 0 Å². The lowest BCUT2D eigenvalue weighted by Crippen LogP contribution is -2.36. The monoisotopic (exact) mass is 323 g/mol. The lowest BCUT2D eigenvalue weighted by molar-refractivity contribution is 0.0270. The van der Waals surface area contributed by atoms with Crippen molar-refractivity contribution in [1.29, 1.82) is 0 Å². The molecule has 0 radical (unpaired) electrons. The molecule has 1 N–H and O–H groups in total. The minimum Gasteiger partial charge on any atom is -0.444 e. The second-order valence-electron chi connectivity index (χ2n) is 6.26. The van der Waals surface area contributed by atoms with Crippen molar-refractivity contribution in [3.05, 3.63) is 35.9 Å². The molecule has 5 nitrogen and oxygen atoms in total. The number of carbonyl (C=O) groups is 2. The van der Waals surface area contributed by atoms with Crippen LogP contribution in [0.3, 0.4) is 0 Å². The van der Waals surface area contributed by atoms with E-state index in [1.807, 2.05) is 6.07 Å². The quantitative estimate of drug-likeness (QED) is 0.906. The second-order valence-corrected chi connectivity index (χ2v) is 7.47. The average molecular weight is 323 g/mol. The number of aliphatic hydroxyl groups excluding tert-OH is 1. The Morgan fingerprint density at radius 1 is 1.23 bits per heavy atom. The maximum atomic E-state index is 12.2. The first kappa shape index (κ1) is 16.8. The molecule has 2 rings (SSSR count). The van der Waals surface area contributed by atoms with Crippen molar-refractivity contribution in [1.82, 2.24) is 4.90 Å². The van der Waals surface area contributed by atoms with E-state index in [0.717, 1.165) is 11.8 Å². The number of hydrogen-bond donors (Lipinski definition) is 1. The van der Waals surface area contributed by atoms with Gasteiger partial charge in [-0.1, -0.05) is 42.1 Å². The zero-order chi connectivity index (χ0) is 16.3. The van der Waals surface area contributed by atoms with Gasteiger partial charge in [-0.05, 0) is 20.8 Å². The van der Waals surface area contributed by atoms with Gasteiger partial charge in [0.2, 0.25) is 5.12 Å². The Balaban J connectivity index is 1.94. The van der Waals surface area contributed by atoms with Crippen molar-refractivity contribution in [2.45, 2.75) is 37.7 Å². The van der Waals surface area contributed by atoms with Gasteiger partial charge in [0.25, 0.3) is 0 Å². The van der Waals surface area contributed by atoms with Gasteiger partial charge in [0.1, 0.15) is 5.60 Å². The maximum absolute atomic E-state index is 12.2. The highest BCUT2D eigenvalue weighted by atomic mass is 32.2. The highest BCUT2D eigenvalue weighted by Gasteiger charge is 2.37. The van der Waals surface area contributed by atoms with E-state index in [9.17, 15) is 14.7 Å². The van der Waals surface area contributed by atoms with Crippen LogP contribution in [0.15, 0.2) is 30.3 Å². The Morgan fingerprint density at radius 2 is 1.86 bits per heavy atom. The van der Waals surface area contributed by atoms with Crippen LogP contribution in [-0.2, 0) is 4.74 Å². The van der Waals surface area contributed by atoms with Crippen LogP contribution in [0.2, 0.25) is 0 Å². The number of carbonyl (C=O) groups excluding carboxylic acids is 2. The molecular weight excluding hydrogens is 302 g/mol. The molecule has 22 heavy (non-hydrogen) atoms. The Hall–Kier alpha value is -1.53. The topological polar surface area (TPSA) is 66.8 Å². The summed E-state index contributed by atoms with van der Waals surface area (Å²) in [4.78, 5) is 25.6. The molecule has 1 aromatic rings. The molecular formula is C16H21NO4S. The van der Waals surface area contributed by atoms with Crippen LogP contribution in [0.4, 0.5) is 4.79 Å². The molecule has 1 aliphatic heterocycles. The molecule has 120 valence electrons. The summed E-state index contributed by atoms with van der Waals surface area (Å²) in [5, 5.41) is 9.65. The van der Waals surface area contributed by atoms with Crippen LogP contribution in [-0.4, -0.2) is 51.3 Å². The van der Waals surface area contributed by atoms with Crippen LogP contribution >= 0.6 is 11.8 Å². The van der Waals surface area contributed by atoms with Gasteiger partial charge in [-0.3, -0.25) is 4.79 Å². The van der Waals surface area contributed by atoms with Crippen LogP contribution in [0.1, 0.15) is 31.1 Å². The molecule has 2 unspecified atom stereocenters. The molecule has 1 aromatic carbocycles. The number of β-amino-alcohol motifs (C(OH)–C–C–N with tert-alkyl or cyclic N) is 1. The second kappa shape index (κ2) is 6.71. The lowest BCUT2D eigenvalue weighted by Gasteiger charge is -2.24. The van der Waals surface area contributed by atoms with E-state index in [-0.39, 0.29) is 16.9 Å². The molecule has 1 heterocycles. The molecule has 0 saturated carbocycles. The summed E-state index contributed by atoms with van der Waals surface area (Å²) in [6.45, 7) is 5.88. The molecule has 1 amide bonds. The van der Waals surface area contributed by atoms with Crippen molar-refractivity contribution in [3.63, 3.8) is 0 Å². The fourth-order valence-electron chi connectivity index (χ4n) is 2.13. The third-order valence-electron chi connectivity index (χ3n) is 3.16. The van der Waals surface area contributed by atoms with E-state index in [1.54, 1.807) is 45.0 Å². The summed E-state index contributed by atoms with van der Waals surface area (Å²) >= 11 is 1.07. The molecule has 0 spiro atoms. The maximum Gasteiger partial charge on any atom is 0.410 e. The summed E-state index contributed by atoms with van der Waals surface area (Å²) in [5.74, 6) is 0. The molecule has 0 aliphatic carbocycles. The van der Waals surface area contributed by atoms with Gasteiger partial charge in [-0.25, -0.2) is 4.79 Å². The van der Waals surface area contributed by atoms with Crippen molar-refractivity contribution in [2.24, 2.45) is 0 Å². The van der Waals surface area contributed by atoms with Gasteiger partial charge in [-0.15, -0.1) is 0 Å². The van der Waals surface area contributed by atoms with Crippen LogP contribution in [0.5, 0.6) is 0 Å². The molecule has 1 saturated heterocycles. The standard InChI is InChI=1S/C16H21NO4S/c1-16(2,3)21-15(20)17-9-12(18)13(10-17)22-14(19)11-7-5-4-6-8-11/h4-8,12-13,18H,9-10H2,1-3H3. The fraction of sp³-hybridized carbons (Fsp3) is 0.500. The zero-order valence-corrected chi connectivity index (χ0v) is 13.8. The SMILES string of the molecule is CC(C)(C)OC(=O)N1CC(O)C(SC(=O)c2ccccc2)C1. The number of ether oxygens (including phenoxy) is 1. The Labute approximate surface area is 134 Å². The zero-order valence-electron chi connectivity index (χ0n) is 13.0. The molecule has 6 heteroatoms. The number of benzene rings is 1. The van der Waals surface area contributed by atoms with Crippen LogP contribution in [0, 0.1) is 0 Å². The van der Waals surface area contributed by atoms with Gasteiger partial charge in [0.15, 0.2) is 0 Å². The summed E-state index contributed by atoms with van der Waals surface area (Å²) in [7, 11) is 0. The van der Waals surface area contributed by atoms with Crippen molar-refractivity contribution in [3.8, 4) is 0 Å². The lowest BCUT2D eigenvalue weighted by atomic mass is 10.2. The van der Waals surface area contributed by atoms with E-state index in [1.165, 1.54) is 4.90 Å². The van der Waals surface area contributed by atoms with E-state index in [4.69, 9.17) is 4.74 Å². The molecule has 1 aliphatic rings. The van der Waals surface area contributed by atoms with Gasteiger partial charge in [-0.2, -0.15) is 0 Å². The number of aliphatic hydroxyl groups is 1. The Morgan fingerprint density at radius 3 is 2.45 bits per heavy atom. The normalized spacial score (nSPS) is 21.7. The van der Waals surface area contributed by atoms with Gasteiger partial charge in [0, 0.05) is 12.1 Å². The Kier molecular flexibility index (Phi) is 5.13. The van der Waals surface area contributed by atoms with E-state index >= 15 is 0 Å². The Bertz CT molecular complexity index is 541. The minimum atomic E-state index is -0.731. The highest BCUT2D eigenvalue weighted by molar-refractivity contribution is 8.14. The third kappa shape index (κ3) is 4.48. The predicted molar refractivity (Wildman–Crippen MR) is 86.0 cm³/mol. The van der Waals surface area contributed by atoms with Gasteiger partial charge >= 0.3 is 6.09 Å². The summed E-state index contributed by atoms with van der Waals surface area (Å²) in [5.41, 5.74) is 0.0167. The number of rotatable bonds is 2. The number of likely N-dealkylation sites (tertiary alicyclic amines) is 1. The summed E-state index contributed by atoms with van der Waals surface area (Å²) in [6.07, 6.45) is -1.19. The van der Waals surface area contributed by atoms with E-state index in [2.05, 4.69) is 0 Å². The van der Waals surface area contributed by atoms with Crippen molar-refractivity contribution >= 4 is 23.0 Å². The first-order valence-electron chi connectivity index (χ1n) is 7.18. The average Bonchev–Trinajstić information content (AvgIpc) is 2.79. The number of thioether (sulfide) groups is 1. The smallest absolute Gasteiger partial charge is 0.410 e. The number of amides is 1. The number of nitrogens with zero attached hydrogens (tertiary/aromatic N) is 1. The van der Waals surface area contributed by atoms with Crippen molar-refractivity contribution in [2.75, 3.05) is 13.1 Å². The summed E-state index contributed by atoms with van der Waals surface area (Å²) < 4.78 is 5.29. The highest BCUT2D eigenvalue weighted by Crippen LogP contribution is 2.27. The first-order valence-corrected chi connectivity index (χ1v) is 8.06. The first-order chi connectivity index (χ1) is 10.3. The van der Waals surface area contributed by atoms with E-state index < -0.39 is 17.8 Å². The summed E-state index contributed by atoms with van der Waals surface area (Å²) in [6, 6.07) is 8.92. The number of hydrogen-bond acceptors (Lipinski definition) is 5. The van der Waals surface area contributed by atoms with E-state index in [0.29, 0.717) is 12.1 Å². The van der Waals surface area contributed by atoms with Crippen LogP contribution < -0.4 is 0 Å². The van der Waals surface area contributed by atoms with Gasteiger partial charge in [0.05, 0.1) is 17.9 Å².